The van der Waals surface area contributed by atoms with Gasteiger partial charge < -0.3 is 39.5 Å². The predicted molar refractivity (Wildman–Crippen MR) is 312 cm³/mol. The molecule has 1 atom stereocenters. The molecule has 1 saturated heterocycles. The predicted octanol–water partition coefficient (Wildman–Crippen LogP) is 10.1. The van der Waals surface area contributed by atoms with Gasteiger partial charge >= 0.3 is 17.9 Å². The van der Waals surface area contributed by atoms with Gasteiger partial charge in [-0.05, 0) is 117 Å². The summed E-state index contributed by atoms with van der Waals surface area (Å²) >= 11 is 0. The number of carboxylic acids is 3. The molecule has 0 radical (unpaired) electrons. The zero-order chi connectivity index (χ0) is 58.2. The molecular weight excluding hydrogens is 1030 g/mol. The van der Waals surface area contributed by atoms with Crippen LogP contribution in [0.4, 0.5) is 11.5 Å². The summed E-state index contributed by atoms with van der Waals surface area (Å²) in [6.45, 7) is 9.63. The maximum atomic E-state index is 15.0. The Balaban J connectivity index is 0.876. The van der Waals surface area contributed by atoms with Crippen LogP contribution in [0.5, 0.6) is 11.6 Å². The standard InChI is InChI=1S/C62H91N9O10/c1-46-20-18-22-55(65-46)70(61(79)52-27-26-51(80-5)39-54(52)68-34-29-47(30-35-68)44-81-57-38-49(28-33-64-57)53(40-58(73)74)48-24-25-48)45-62(2,3)31-36-69-41-50(66-67-69)21-16-14-12-10-8-6-7-9-11-13-15-17-23-56(72)63-32-19-37-71(4,42-59(75)76)43-60(77)78/h18,20,22,26-28,33,38-39,41,47-48,53H,6-17,19,21,23-25,29-32,34-37,40,42-45H2,1-5H3,(H3-,63,72,73,74,75,76,77,78)/p+1/t53-/m0/s1. The van der Waals surface area contributed by atoms with Crippen molar-refractivity contribution >= 4 is 41.2 Å². The minimum Gasteiger partial charge on any atom is -0.497 e. The van der Waals surface area contributed by atoms with Gasteiger partial charge in [0, 0.05) is 75.8 Å². The molecule has 3 aromatic heterocycles. The molecule has 4 N–H and O–H groups in total. The third-order valence-corrected chi connectivity index (χ3v) is 16.0. The molecule has 19 heteroatoms. The molecule has 1 aliphatic carbocycles. The van der Waals surface area contributed by atoms with Crippen molar-refractivity contribution in [1.29, 1.82) is 0 Å². The lowest BCUT2D eigenvalue weighted by Crippen LogP contribution is -2.52. The zero-order valence-corrected chi connectivity index (χ0v) is 49.0. The maximum Gasteiger partial charge on any atom is 0.359 e. The van der Waals surface area contributed by atoms with Crippen LogP contribution in [-0.4, -0.2) is 141 Å². The maximum absolute atomic E-state index is 15.0. The van der Waals surface area contributed by atoms with Crippen LogP contribution >= 0.6 is 0 Å². The number of carbonyl (C=O) groups is 5. The van der Waals surface area contributed by atoms with Crippen LogP contribution < -0.4 is 24.6 Å². The summed E-state index contributed by atoms with van der Waals surface area (Å²) < 4.78 is 13.8. The molecule has 19 nitrogen and oxygen atoms in total. The fraction of sp³-hybridized carbons (Fsp3) is 0.629. The van der Waals surface area contributed by atoms with Crippen molar-refractivity contribution < 1.29 is 53.2 Å². The Hall–Kier alpha value is -6.63. The second-order valence-electron chi connectivity index (χ2n) is 23.9. The highest BCUT2D eigenvalue weighted by Crippen LogP contribution is 2.45. The number of ether oxygens (including phenoxy) is 2. The van der Waals surface area contributed by atoms with Crippen LogP contribution in [0.1, 0.15) is 175 Å². The Labute approximate surface area is 479 Å². The summed E-state index contributed by atoms with van der Waals surface area (Å²) in [5.41, 5.74) is 3.92. The van der Waals surface area contributed by atoms with Gasteiger partial charge in [-0.3, -0.25) is 24.0 Å². The summed E-state index contributed by atoms with van der Waals surface area (Å²) in [6, 6.07) is 15.3. The number of unbranched alkanes of at least 4 members (excludes halogenated alkanes) is 11. The number of likely N-dealkylation sites (N-methyl/N-ethyl adjacent to an activating group) is 1. The first kappa shape index (κ1) is 63.6. The number of amides is 2. The Bertz CT molecular complexity index is 2610. The van der Waals surface area contributed by atoms with Crippen molar-refractivity contribution in [3.8, 4) is 11.6 Å². The normalized spacial score (nSPS) is 14.4. The molecule has 2 amide bonds. The van der Waals surface area contributed by atoms with Crippen LogP contribution in [0.15, 0.2) is 60.9 Å². The number of methoxy groups -OCH3 is 1. The fourth-order valence-electron chi connectivity index (χ4n) is 11.2. The number of anilines is 2. The van der Waals surface area contributed by atoms with E-state index < -0.39 is 17.9 Å². The SMILES string of the molecule is COc1ccc(C(=O)N(CC(C)(C)CCn2cc(CCCCCCCCCCCCCCC(=O)NCCC[N+](C)(CC(=O)O)CC(=O)O)nn2)c2cccc(C)n2)c(N2CCC(COc3cc([C@@H](CC(=O)O)C4CC4)ccn3)CC2)c1. The number of carboxylic acid groups (broad SMARTS) is 3. The molecule has 4 aromatic rings. The van der Waals surface area contributed by atoms with Gasteiger partial charge in [-0.25, -0.2) is 19.6 Å². The largest absolute Gasteiger partial charge is 0.497 e. The molecule has 1 aliphatic heterocycles. The fourth-order valence-corrected chi connectivity index (χ4v) is 11.2. The lowest BCUT2D eigenvalue weighted by molar-refractivity contribution is -0.895. The number of hydrogen-bond acceptors (Lipinski definition) is 12. The number of aryl methyl sites for hydroxylation is 3. The molecule has 1 aromatic carbocycles. The molecule has 444 valence electrons. The van der Waals surface area contributed by atoms with E-state index in [1.54, 1.807) is 20.4 Å². The number of aliphatic carboxylic acids is 3. The van der Waals surface area contributed by atoms with Crippen LogP contribution in [0.25, 0.3) is 0 Å². The number of quaternary nitrogens is 1. The first-order valence-electron chi connectivity index (χ1n) is 29.8. The number of nitrogens with zero attached hydrogens (tertiary/aromatic N) is 8. The molecule has 6 rings (SSSR count). The van der Waals surface area contributed by atoms with Gasteiger partial charge in [0.15, 0.2) is 13.1 Å². The summed E-state index contributed by atoms with van der Waals surface area (Å²) in [7, 11) is 3.26. The van der Waals surface area contributed by atoms with Gasteiger partial charge in [-0.15, -0.1) is 5.10 Å². The number of aromatic nitrogens is 5. The van der Waals surface area contributed by atoms with E-state index in [1.807, 2.05) is 65.0 Å². The van der Waals surface area contributed by atoms with E-state index in [0.29, 0.717) is 74.6 Å². The molecule has 2 aliphatic rings. The highest BCUT2D eigenvalue weighted by molar-refractivity contribution is 6.09. The van der Waals surface area contributed by atoms with Crippen molar-refractivity contribution in [2.75, 3.05) is 76.4 Å². The van der Waals surface area contributed by atoms with Crippen LogP contribution in [-0.2, 0) is 32.1 Å². The van der Waals surface area contributed by atoms with Gasteiger partial charge in [0.25, 0.3) is 5.91 Å². The summed E-state index contributed by atoms with van der Waals surface area (Å²) in [5, 5.41) is 39.7. The summed E-state index contributed by atoms with van der Waals surface area (Å²) in [5.74, 6) is -0.510. The van der Waals surface area contributed by atoms with Crippen LogP contribution in [0.3, 0.4) is 0 Å². The number of hydrogen-bond donors (Lipinski definition) is 4. The Morgan fingerprint density at radius 2 is 1.49 bits per heavy atom. The molecule has 81 heavy (non-hydrogen) atoms. The van der Waals surface area contributed by atoms with E-state index in [0.717, 1.165) is 106 Å². The monoisotopic (exact) mass is 1120 g/mol. The highest BCUT2D eigenvalue weighted by atomic mass is 16.5. The molecule has 0 spiro atoms. The number of piperidine rings is 1. The van der Waals surface area contributed by atoms with E-state index in [1.165, 1.54) is 44.9 Å². The van der Waals surface area contributed by atoms with Crippen molar-refractivity contribution in [1.82, 2.24) is 30.3 Å². The Morgan fingerprint density at radius 3 is 2.12 bits per heavy atom. The van der Waals surface area contributed by atoms with E-state index in [-0.39, 0.29) is 53.1 Å². The Morgan fingerprint density at radius 1 is 0.827 bits per heavy atom. The van der Waals surface area contributed by atoms with Crippen LogP contribution in [0.2, 0.25) is 0 Å². The average Bonchev–Trinajstić information content (AvgIpc) is 4.20. The molecule has 2 fully saturated rings. The number of benzene rings is 1. The quantitative estimate of drug-likeness (QED) is 0.0240. The lowest BCUT2D eigenvalue weighted by atomic mass is 9.88. The molecule has 0 bridgehead atoms. The third kappa shape index (κ3) is 22.3. The molecule has 4 heterocycles. The van der Waals surface area contributed by atoms with Crippen molar-refractivity contribution in [2.24, 2.45) is 17.3 Å². The molecular formula is C62H92N9O10+. The third-order valence-electron chi connectivity index (χ3n) is 16.0. The van der Waals surface area contributed by atoms with Gasteiger partial charge in [-0.1, -0.05) is 89.3 Å². The highest BCUT2D eigenvalue weighted by Gasteiger charge is 2.35. The van der Waals surface area contributed by atoms with Crippen LogP contribution in [0, 0.1) is 24.2 Å². The lowest BCUT2D eigenvalue weighted by Gasteiger charge is -2.36. The molecule has 1 saturated carbocycles. The molecule has 0 unspecified atom stereocenters. The van der Waals surface area contributed by atoms with Gasteiger partial charge in [0.1, 0.15) is 11.6 Å². The second-order valence-corrected chi connectivity index (χ2v) is 23.9. The number of pyridine rings is 2. The topological polar surface area (TPSA) is 239 Å². The number of nitrogens with one attached hydrogen (secondary N) is 1. The first-order chi connectivity index (χ1) is 38.9. The second kappa shape index (κ2) is 32.1. The van der Waals surface area contributed by atoms with E-state index in [4.69, 9.17) is 24.7 Å². The minimum atomic E-state index is -1.04. The van der Waals surface area contributed by atoms with Gasteiger partial charge in [-0.2, -0.15) is 0 Å². The average molecular weight is 1120 g/mol. The van der Waals surface area contributed by atoms with Crippen molar-refractivity contribution in [2.45, 2.75) is 168 Å². The number of carbonyl (C=O) groups excluding carboxylic acids is 2. The van der Waals surface area contributed by atoms with Crippen molar-refractivity contribution in [3.63, 3.8) is 0 Å². The first-order valence-corrected chi connectivity index (χ1v) is 29.8. The minimum absolute atomic E-state index is 0.0124. The summed E-state index contributed by atoms with van der Waals surface area (Å²) in [6.07, 6.45) is 24.2. The van der Waals surface area contributed by atoms with E-state index in [2.05, 4.69) is 45.6 Å². The van der Waals surface area contributed by atoms with E-state index >= 15 is 4.79 Å². The van der Waals surface area contributed by atoms with Gasteiger partial charge in [0.05, 0.1) is 50.7 Å². The van der Waals surface area contributed by atoms with Gasteiger partial charge in [0.2, 0.25) is 11.8 Å². The van der Waals surface area contributed by atoms with Crippen molar-refractivity contribution in [3.05, 3.63) is 83.4 Å². The summed E-state index contributed by atoms with van der Waals surface area (Å²) in [4.78, 5) is 74.7. The zero-order valence-electron chi connectivity index (χ0n) is 49.0. The van der Waals surface area contributed by atoms with E-state index in [9.17, 15) is 24.3 Å². The smallest absolute Gasteiger partial charge is 0.359 e. The Kier molecular flexibility index (Phi) is 25.2. The number of rotatable bonds is 39.